The number of fused-ring (bicyclic) bond motifs is 8. The number of nitrogens with one attached hydrogen (secondary N) is 1. The summed E-state index contributed by atoms with van der Waals surface area (Å²) in [5.74, 6) is 0.866. The van der Waals surface area contributed by atoms with E-state index in [9.17, 15) is 0 Å². The third-order valence-corrected chi connectivity index (χ3v) is 11.0. The molecule has 1 aromatic heterocycles. The summed E-state index contributed by atoms with van der Waals surface area (Å²) < 4.78 is 8.89. The van der Waals surface area contributed by atoms with E-state index < -0.39 is 0 Å². The zero-order chi connectivity index (χ0) is 36.3. The molecule has 4 nitrogen and oxygen atoms in total. The van der Waals surface area contributed by atoms with Gasteiger partial charge in [-0.05, 0) is 82.4 Å². The molecule has 0 bridgehead atoms. The number of ether oxygens (including phenoxy) is 1. The molecule has 0 radical (unpaired) electrons. The minimum atomic E-state index is -0.251. The van der Waals surface area contributed by atoms with Crippen molar-refractivity contribution in [1.29, 1.82) is 0 Å². The van der Waals surface area contributed by atoms with Crippen LogP contribution >= 0.6 is 0 Å². The molecule has 0 amide bonds. The van der Waals surface area contributed by atoms with Crippen LogP contribution in [0.1, 0.15) is 11.8 Å². The van der Waals surface area contributed by atoms with Gasteiger partial charge in [-0.1, -0.05) is 140 Å². The molecule has 11 rings (SSSR count). The summed E-state index contributed by atoms with van der Waals surface area (Å²) in [6.45, 7) is 0. The second kappa shape index (κ2) is 12.7. The van der Waals surface area contributed by atoms with Crippen LogP contribution in [0, 0.1) is 0 Å². The molecule has 0 saturated heterocycles. The van der Waals surface area contributed by atoms with Crippen LogP contribution in [0.2, 0.25) is 0 Å². The van der Waals surface area contributed by atoms with E-state index in [0.29, 0.717) is 0 Å². The maximum Gasteiger partial charge on any atom is 0.196 e. The highest BCUT2D eigenvalue weighted by atomic mass is 16.5. The highest BCUT2D eigenvalue weighted by molar-refractivity contribution is 6.16. The Kier molecular flexibility index (Phi) is 7.20. The average Bonchev–Trinajstić information content (AvgIpc) is 3.84. The first-order chi connectivity index (χ1) is 27.3. The first kappa shape index (κ1) is 31.2. The Bertz CT molecular complexity index is 3040. The van der Waals surface area contributed by atoms with Crippen molar-refractivity contribution in [3.8, 4) is 22.6 Å². The third-order valence-electron chi connectivity index (χ3n) is 11.0. The minimum Gasteiger partial charge on any atom is -0.464 e. The number of anilines is 4. The number of hydrogen-bond donors (Lipinski definition) is 1. The molecule has 0 fully saturated rings. The number of benzene rings is 9. The quantitative estimate of drug-likeness (QED) is 0.175. The predicted octanol–water partition coefficient (Wildman–Crippen LogP) is 13.7. The van der Waals surface area contributed by atoms with Gasteiger partial charge in [0.15, 0.2) is 6.23 Å². The lowest BCUT2D eigenvalue weighted by Crippen LogP contribution is -2.11. The van der Waals surface area contributed by atoms with Crippen LogP contribution in [0.4, 0.5) is 22.7 Å². The van der Waals surface area contributed by atoms with E-state index in [1.807, 2.05) is 6.07 Å². The lowest BCUT2D eigenvalue weighted by atomic mass is 9.98. The lowest BCUT2D eigenvalue weighted by Gasteiger charge is -2.28. The van der Waals surface area contributed by atoms with Gasteiger partial charge in [-0.15, -0.1) is 0 Å². The lowest BCUT2D eigenvalue weighted by molar-refractivity contribution is 0.260. The Labute approximate surface area is 319 Å². The van der Waals surface area contributed by atoms with Crippen molar-refractivity contribution in [1.82, 2.24) is 4.57 Å². The van der Waals surface area contributed by atoms with Gasteiger partial charge in [-0.2, -0.15) is 0 Å². The van der Waals surface area contributed by atoms with Crippen molar-refractivity contribution >= 4 is 66.1 Å². The van der Waals surface area contributed by atoms with Crippen LogP contribution < -0.4 is 15.0 Å². The molecular formula is C51H35N3O. The van der Waals surface area contributed by atoms with Crippen molar-refractivity contribution < 1.29 is 4.74 Å². The molecule has 1 atom stereocenters. The molecule has 1 N–H and O–H groups in total. The molecule has 1 aliphatic rings. The van der Waals surface area contributed by atoms with Gasteiger partial charge in [-0.25, -0.2) is 0 Å². The van der Waals surface area contributed by atoms with Gasteiger partial charge < -0.3 is 19.5 Å². The van der Waals surface area contributed by atoms with Crippen molar-refractivity contribution in [2.24, 2.45) is 0 Å². The van der Waals surface area contributed by atoms with Gasteiger partial charge in [-0.3, -0.25) is 0 Å². The molecule has 1 unspecified atom stereocenters. The Hall–Kier alpha value is -7.30. The van der Waals surface area contributed by atoms with E-state index in [2.05, 4.69) is 209 Å². The summed E-state index contributed by atoms with van der Waals surface area (Å²) in [4.78, 5) is 2.43. The molecule has 0 aliphatic carbocycles. The van der Waals surface area contributed by atoms with Crippen LogP contribution in [0.25, 0.3) is 60.2 Å². The summed E-state index contributed by atoms with van der Waals surface area (Å²) in [6, 6.07) is 71.7. The van der Waals surface area contributed by atoms with Crippen molar-refractivity contribution in [3.05, 3.63) is 206 Å². The van der Waals surface area contributed by atoms with Crippen LogP contribution in [0.3, 0.4) is 0 Å². The van der Waals surface area contributed by atoms with E-state index in [4.69, 9.17) is 4.74 Å². The monoisotopic (exact) mass is 705 g/mol. The fraction of sp³-hybridized carbons (Fsp3) is 0.0196. The smallest absolute Gasteiger partial charge is 0.196 e. The normalized spacial score (nSPS) is 13.6. The fourth-order valence-electron chi connectivity index (χ4n) is 8.47. The number of para-hydroxylation sites is 3. The zero-order valence-electron chi connectivity index (χ0n) is 29.9. The number of nitrogens with zero attached hydrogens (tertiary/aromatic N) is 2. The maximum atomic E-state index is 6.52. The molecule has 9 aromatic carbocycles. The fourth-order valence-corrected chi connectivity index (χ4v) is 8.47. The van der Waals surface area contributed by atoms with Crippen molar-refractivity contribution in [3.63, 3.8) is 0 Å². The Morgan fingerprint density at radius 1 is 0.491 bits per heavy atom. The van der Waals surface area contributed by atoms with Gasteiger partial charge in [0.05, 0.1) is 22.4 Å². The standard InChI is InChI=1S/C51H35N3O/c1-4-14-34(15-5-1)41-20-10-12-22-45(41)53(40-29-30-47-44(33-40)42-21-11-13-23-46(42)54(47)38-18-8-3-9-19-38)39-28-26-35-24-25-36-27-31-48-50(49(36)43(35)32-39)52-51(55-48)37-16-6-2-7-17-37/h1-33,51-52H. The summed E-state index contributed by atoms with van der Waals surface area (Å²) >= 11 is 0. The van der Waals surface area contributed by atoms with Gasteiger partial charge in [0.1, 0.15) is 5.75 Å². The molecule has 2 heterocycles. The van der Waals surface area contributed by atoms with Crippen LogP contribution in [0.15, 0.2) is 200 Å². The van der Waals surface area contributed by atoms with Gasteiger partial charge in [0, 0.05) is 44.3 Å². The van der Waals surface area contributed by atoms with E-state index in [0.717, 1.165) is 50.7 Å². The Balaban J connectivity index is 1.15. The molecule has 0 spiro atoms. The Morgan fingerprint density at radius 2 is 1.11 bits per heavy atom. The van der Waals surface area contributed by atoms with Crippen LogP contribution in [-0.4, -0.2) is 4.57 Å². The number of aromatic nitrogens is 1. The largest absolute Gasteiger partial charge is 0.464 e. The Morgan fingerprint density at radius 3 is 1.95 bits per heavy atom. The predicted molar refractivity (Wildman–Crippen MR) is 229 cm³/mol. The topological polar surface area (TPSA) is 29.4 Å². The van der Waals surface area contributed by atoms with Gasteiger partial charge in [0.25, 0.3) is 0 Å². The second-order valence-corrected chi connectivity index (χ2v) is 14.2. The summed E-state index contributed by atoms with van der Waals surface area (Å²) in [6.07, 6.45) is -0.251. The second-order valence-electron chi connectivity index (χ2n) is 14.2. The SMILES string of the molecule is c1ccc(-c2ccccc2N(c2ccc3ccc4ccc5c(c4c3c2)NC(c2ccccc2)O5)c2ccc3c(c2)c2ccccc2n3-c2ccccc2)cc1. The molecule has 55 heavy (non-hydrogen) atoms. The summed E-state index contributed by atoms with van der Waals surface area (Å²) in [5, 5.41) is 10.8. The van der Waals surface area contributed by atoms with Crippen LogP contribution in [0.5, 0.6) is 5.75 Å². The number of rotatable bonds is 6. The minimum absolute atomic E-state index is 0.251. The number of hydrogen-bond acceptors (Lipinski definition) is 3. The molecular weight excluding hydrogens is 671 g/mol. The van der Waals surface area contributed by atoms with E-state index in [-0.39, 0.29) is 6.23 Å². The van der Waals surface area contributed by atoms with Gasteiger partial charge >= 0.3 is 0 Å². The molecule has 0 saturated carbocycles. The van der Waals surface area contributed by atoms with E-state index in [1.165, 1.54) is 43.5 Å². The van der Waals surface area contributed by atoms with Crippen molar-refractivity contribution in [2.75, 3.05) is 10.2 Å². The maximum absolute atomic E-state index is 6.52. The molecule has 4 heteroatoms. The van der Waals surface area contributed by atoms with Crippen molar-refractivity contribution in [2.45, 2.75) is 6.23 Å². The van der Waals surface area contributed by atoms with E-state index >= 15 is 0 Å². The third kappa shape index (κ3) is 5.14. The first-order valence-electron chi connectivity index (χ1n) is 18.8. The molecule has 10 aromatic rings. The molecule has 1 aliphatic heterocycles. The average molecular weight is 706 g/mol. The molecule has 260 valence electrons. The highest BCUT2D eigenvalue weighted by Gasteiger charge is 2.27. The van der Waals surface area contributed by atoms with Gasteiger partial charge in [0.2, 0.25) is 0 Å². The first-order valence-corrected chi connectivity index (χ1v) is 18.8. The van der Waals surface area contributed by atoms with E-state index in [1.54, 1.807) is 0 Å². The zero-order valence-corrected chi connectivity index (χ0v) is 29.9. The summed E-state index contributed by atoms with van der Waals surface area (Å²) in [7, 11) is 0. The summed E-state index contributed by atoms with van der Waals surface area (Å²) in [5.41, 5.74) is 11.2. The highest BCUT2D eigenvalue weighted by Crippen LogP contribution is 2.48. The van der Waals surface area contributed by atoms with Crippen LogP contribution in [-0.2, 0) is 0 Å².